The quantitative estimate of drug-likeness (QED) is 0.475. The third kappa shape index (κ3) is 5.51. The van der Waals surface area contributed by atoms with Crippen LogP contribution in [0.5, 0.6) is 0 Å². The monoisotopic (exact) mass is 468 g/mol. The van der Waals surface area contributed by atoms with Crippen molar-refractivity contribution in [3.05, 3.63) is 88.7 Å². The van der Waals surface area contributed by atoms with Crippen LogP contribution < -0.4 is 10.6 Å². The van der Waals surface area contributed by atoms with Gasteiger partial charge in [-0.15, -0.1) is 0 Å². The summed E-state index contributed by atoms with van der Waals surface area (Å²) in [5.74, 6) is -1.71. The summed E-state index contributed by atoms with van der Waals surface area (Å²) in [5.41, 5.74) is 3.31. The lowest BCUT2D eigenvalue weighted by Crippen LogP contribution is -2.54. The fraction of sp³-hybridized carbons (Fsp3) is 0.385. The minimum Gasteiger partial charge on any atom is -0.390 e. The lowest BCUT2D eigenvalue weighted by Gasteiger charge is -2.40. The fourth-order valence-corrected chi connectivity index (χ4v) is 4.91. The molecule has 4 rings (SSSR count). The Labute approximate surface area is 198 Å². The van der Waals surface area contributed by atoms with Crippen LogP contribution in [0.1, 0.15) is 35.7 Å². The molecule has 3 aromatic rings. The predicted octanol–water partition coefficient (Wildman–Crippen LogP) is 2.78. The van der Waals surface area contributed by atoms with Crippen molar-refractivity contribution >= 4 is 5.91 Å². The number of hydrogen-bond acceptors (Lipinski definition) is 4. The summed E-state index contributed by atoms with van der Waals surface area (Å²) in [7, 11) is 1.91. The van der Waals surface area contributed by atoms with Gasteiger partial charge in [-0.1, -0.05) is 30.3 Å². The van der Waals surface area contributed by atoms with Gasteiger partial charge in [-0.05, 0) is 54.5 Å². The Morgan fingerprint density at radius 3 is 2.59 bits per heavy atom. The zero-order chi connectivity index (χ0) is 24.3. The van der Waals surface area contributed by atoms with Crippen LogP contribution in [-0.4, -0.2) is 39.5 Å². The molecule has 3 N–H and O–H groups in total. The highest BCUT2D eigenvalue weighted by Crippen LogP contribution is 2.36. The highest BCUT2D eigenvalue weighted by molar-refractivity contribution is 5.73. The van der Waals surface area contributed by atoms with Crippen molar-refractivity contribution in [2.24, 2.45) is 7.05 Å². The van der Waals surface area contributed by atoms with Gasteiger partial charge in [0.15, 0.2) is 0 Å². The molecule has 3 atom stereocenters. The van der Waals surface area contributed by atoms with Crippen molar-refractivity contribution in [3.8, 4) is 0 Å². The summed E-state index contributed by atoms with van der Waals surface area (Å²) in [6.07, 6.45) is 3.46. The SMILES string of the molecule is CC(=O)N[C@@H](Cc1cc(F)cc(F)c1)[C@@H](O)CNC1(c2ccccc2)CCc2nn(C)cc2C1. The van der Waals surface area contributed by atoms with Crippen LogP contribution in [0.25, 0.3) is 0 Å². The van der Waals surface area contributed by atoms with Gasteiger partial charge in [0.1, 0.15) is 11.6 Å². The Bertz CT molecular complexity index is 1130. The molecule has 0 saturated carbocycles. The Morgan fingerprint density at radius 1 is 1.21 bits per heavy atom. The molecule has 0 spiro atoms. The molecular formula is C26H30F2N4O2. The second-order valence-corrected chi connectivity index (χ2v) is 9.14. The van der Waals surface area contributed by atoms with E-state index < -0.39 is 29.3 Å². The topological polar surface area (TPSA) is 79.2 Å². The van der Waals surface area contributed by atoms with Gasteiger partial charge in [0.05, 0.1) is 17.8 Å². The first kappa shape index (κ1) is 24.0. The predicted molar refractivity (Wildman–Crippen MR) is 125 cm³/mol. The van der Waals surface area contributed by atoms with E-state index in [2.05, 4.69) is 27.9 Å². The minimum absolute atomic E-state index is 0.0994. The molecule has 8 heteroatoms. The van der Waals surface area contributed by atoms with Gasteiger partial charge in [0, 0.05) is 38.3 Å². The number of nitrogens with one attached hydrogen (secondary N) is 2. The van der Waals surface area contributed by atoms with E-state index in [1.165, 1.54) is 19.1 Å². The summed E-state index contributed by atoms with van der Waals surface area (Å²) in [6, 6.07) is 12.6. The number of aliphatic hydroxyl groups excluding tert-OH is 1. The van der Waals surface area contributed by atoms with Crippen LogP contribution in [0.15, 0.2) is 54.7 Å². The second-order valence-electron chi connectivity index (χ2n) is 9.14. The summed E-state index contributed by atoms with van der Waals surface area (Å²) >= 11 is 0. The van der Waals surface area contributed by atoms with Crippen molar-refractivity contribution in [2.45, 2.75) is 50.3 Å². The average Bonchev–Trinajstić information content (AvgIpc) is 3.15. The van der Waals surface area contributed by atoms with Crippen LogP contribution in [0.3, 0.4) is 0 Å². The molecule has 1 amide bonds. The highest BCUT2D eigenvalue weighted by Gasteiger charge is 2.38. The number of fused-ring (bicyclic) bond motifs is 1. The molecule has 0 bridgehead atoms. The molecule has 1 aliphatic carbocycles. The van der Waals surface area contributed by atoms with Gasteiger partial charge in [-0.3, -0.25) is 9.48 Å². The summed E-state index contributed by atoms with van der Waals surface area (Å²) in [6.45, 7) is 1.54. The fourth-order valence-electron chi connectivity index (χ4n) is 4.91. The van der Waals surface area contributed by atoms with Crippen molar-refractivity contribution in [1.82, 2.24) is 20.4 Å². The molecule has 0 radical (unpaired) electrons. The maximum atomic E-state index is 13.7. The van der Waals surface area contributed by atoms with Gasteiger partial charge in [-0.25, -0.2) is 8.78 Å². The number of aliphatic hydroxyl groups is 1. The third-order valence-electron chi connectivity index (χ3n) is 6.48. The number of aryl methyl sites for hydroxylation is 2. The first-order chi connectivity index (χ1) is 16.2. The zero-order valence-electron chi connectivity index (χ0n) is 19.4. The van der Waals surface area contributed by atoms with E-state index in [1.54, 1.807) is 0 Å². The van der Waals surface area contributed by atoms with Crippen molar-refractivity contribution in [1.29, 1.82) is 0 Å². The Hall–Kier alpha value is -3.10. The summed E-state index contributed by atoms with van der Waals surface area (Å²) in [5, 5.41) is 21.9. The van der Waals surface area contributed by atoms with E-state index in [9.17, 15) is 18.7 Å². The summed E-state index contributed by atoms with van der Waals surface area (Å²) in [4.78, 5) is 11.8. The largest absolute Gasteiger partial charge is 0.390 e. The Kier molecular flexibility index (Phi) is 7.09. The zero-order valence-corrected chi connectivity index (χ0v) is 19.4. The molecule has 6 nitrogen and oxygen atoms in total. The molecule has 1 heterocycles. The number of rotatable bonds is 8. The van der Waals surface area contributed by atoms with Gasteiger partial charge < -0.3 is 15.7 Å². The van der Waals surface area contributed by atoms with Gasteiger partial charge >= 0.3 is 0 Å². The van der Waals surface area contributed by atoms with E-state index in [1.807, 2.05) is 36.1 Å². The lowest BCUT2D eigenvalue weighted by atomic mass is 9.75. The molecule has 0 aliphatic heterocycles. The third-order valence-corrected chi connectivity index (χ3v) is 6.48. The van der Waals surface area contributed by atoms with Crippen LogP contribution in [0.2, 0.25) is 0 Å². The number of aromatic nitrogens is 2. The molecule has 34 heavy (non-hydrogen) atoms. The number of amides is 1. The van der Waals surface area contributed by atoms with Gasteiger partial charge in [-0.2, -0.15) is 5.10 Å². The smallest absolute Gasteiger partial charge is 0.217 e. The molecule has 180 valence electrons. The number of carbonyl (C=O) groups is 1. The molecular weight excluding hydrogens is 438 g/mol. The number of carbonyl (C=O) groups excluding carboxylic acids is 1. The van der Waals surface area contributed by atoms with E-state index in [4.69, 9.17) is 0 Å². The number of hydrogen-bond donors (Lipinski definition) is 3. The number of halogens is 2. The standard InChI is InChI=1S/C26H30F2N4O2/c1-17(33)30-24(12-18-10-21(27)13-22(28)11-18)25(34)15-29-26(20-6-4-3-5-7-20)9-8-23-19(14-26)16-32(2)31-23/h3-7,10-11,13,16,24-25,29,34H,8-9,12,14-15H2,1-2H3,(H,30,33)/t24-,25-,26?/m0/s1. The van der Waals surface area contributed by atoms with E-state index in [-0.39, 0.29) is 18.9 Å². The molecule has 1 aromatic heterocycles. The lowest BCUT2D eigenvalue weighted by molar-refractivity contribution is -0.120. The average molecular weight is 469 g/mol. The maximum absolute atomic E-state index is 13.7. The van der Waals surface area contributed by atoms with Crippen LogP contribution in [-0.2, 0) is 36.6 Å². The first-order valence-corrected chi connectivity index (χ1v) is 11.5. The van der Waals surface area contributed by atoms with Gasteiger partial charge in [0.2, 0.25) is 5.91 Å². The van der Waals surface area contributed by atoms with Gasteiger partial charge in [0.25, 0.3) is 0 Å². The van der Waals surface area contributed by atoms with E-state index in [0.717, 1.165) is 35.7 Å². The Morgan fingerprint density at radius 2 is 1.91 bits per heavy atom. The number of benzene rings is 2. The van der Waals surface area contributed by atoms with Crippen LogP contribution in [0, 0.1) is 11.6 Å². The first-order valence-electron chi connectivity index (χ1n) is 11.5. The highest BCUT2D eigenvalue weighted by atomic mass is 19.1. The van der Waals surface area contributed by atoms with Crippen LogP contribution in [0.4, 0.5) is 8.78 Å². The van der Waals surface area contributed by atoms with Crippen LogP contribution >= 0.6 is 0 Å². The molecule has 0 saturated heterocycles. The molecule has 0 fully saturated rings. The molecule has 2 aromatic carbocycles. The molecule has 1 unspecified atom stereocenters. The van der Waals surface area contributed by atoms with Crippen molar-refractivity contribution in [2.75, 3.05) is 6.54 Å². The Balaban J connectivity index is 1.55. The normalized spacial score (nSPS) is 19.3. The summed E-state index contributed by atoms with van der Waals surface area (Å²) < 4.78 is 29.2. The van der Waals surface area contributed by atoms with E-state index in [0.29, 0.717) is 12.0 Å². The minimum atomic E-state index is -0.980. The van der Waals surface area contributed by atoms with Crippen molar-refractivity contribution < 1.29 is 18.7 Å². The maximum Gasteiger partial charge on any atom is 0.217 e. The molecule has 1 aliphatic rings. The van der Waals surface area contributed by atoms with E-state index >= 15 is 0 Å². The second kappa shape index (κ2) is 10.0. The van der Waals surface area contributed by atoms with Crippen molar-refractivity contribution in [3.63, 3.8) is 0 Å². The number of nitrogens with zero attached hydrogens (tertiary/aromatic N) is 2.